The first-order chi connectivity index (χ1) is 10.3. The topological polar surface area (TPSA) is 78.5 Å². The van der Waals surface area contributed by atoms with E-state index in [4.69, 9.17) is 0 Å². The van der Waals surface area contributed by atoms with Crippen molar-refractivity contribution in [3.63, 3.8) is 0 Å². The Kier molecular flexibility index (Phi) is 5.20. The van der Waals surface area contributed by atoms with E-state index in [1.807, 2.05) is 18.2 Å². The molecule has 1 aromatic rings. The van der Waals surface area contributed by atoms with E-state index >= 15 is 0 Å². The number of nitrogens with zero attached hydrogens (tertiary/aromatic N) is 1. The lowest BCUT2D eigenvalue weighted by molar-refractivity contribution is -0.127. The maximum absolute atomic E-state index is 12.2. The standard InChI is InChI=1S/C15H23N3O3S/c1-11(15(19)18(2)3)22(20,21)17-10-14-13-7-5-4-6-12(13)8-9-16-14/h4-7,11,14,16-17H,8-10H2,1-3H3. The second-order valence-corrected chi connectivity index (χ2v) is 7.81. The first-order valence-electron chi connectivity index (χ1n) is 7.33. The van der Waals surface area contributed by atoms with Crippen LogP contribution in [0.1, 0.15) is 24.1 Å². The minimum atomic E-state index is -3.69. The van der Waals surface area contributed by atoms with Gasteiger partial charge in [0.05, 0.1) is 0 Å². The number of carbonyl (C=O) groups is 1. The van der Waals surface area contributed by atoms with E-state index in [1.54, 1.807) is 14.1 Å². The Morgan fingerprint density at radius 2 is 2.09 bits per heavy atom. The van der Waals surface area contributed by atoms with Crippen molar-refractivity contribution < 1.29 is 13.2 Å². The summed E-state index contributed by atoms with van der Waals surface area (Å²) in [5, 5.41) is 2.22. The Morgan fingerprint density at radius 1 is 1.41 bits per heavy atom. The minimum Gasteiger partial charge on any atom is -0.348 e. The number of sulfonamides is 1. The average molecular weight is 325 g/mol. The molecule has 1 aromatic carbocycles. The SMILES string of the molecule is CC(C(=O)N(C)C)S(=O)(=O)NCC1NCCc2ccccc21. The number of hydrogen-bond donors (Lipinski definition) is 2. The molecule has 122 valence electrons. The number of hydrogen-bond acceptors (Lipinski definition) is 4. The Hall–Kier alpha value is -1.44. The van der Waals surface area contributed by atoms with Gasteiger partial charge in [0, 0.05) is 26.7 Å². The molecule has 1 aliphatic heterocycles. The highest BCUT2D eigenvalue weighted by Gasteiger charge is 2.30. The summed E-state index contributed by atoms with van der Waals surface area (Å²) in [4.78, 5) is 13.1. The van der Waals surface area contributed by atoms with Gasteiger partial charge in [-0.05, 0) is 31.0 Å². The first-order valence-corrected chi connectivity index (χ1v) is 8.88. The summed E-state index contributed by atoms with van der Waals surface area (Å²) in [5.74, 6) is -0.426. The summed E-state index contributed by atoms with van der Waals surface area (Å²) < 4.78 is 27.1. The third-order valence-corrected chi connectivity index (χ3v) is 5.66. The second-order valence-electron chi connectivity index (χ2n) is 5.72. The number of carbonyl (C=O) groups excluding carboxylic acids is 1. The number of benzene rings is 1. The summed E-state index contributed by atoms with van der Waals surface area (Å²) >= 11 is 0. The fourth-order valence-electron chi connectivity index (χ4n) is 2.60. The fraction of sp³-hybridized carbons (Fsp3) is 0.533. The molecule has 0 radical (unpaired) electrons. The Balaban J connectivity index is 2.06. The third-order valence-electron chi connectivity index (χ3n) is 3.96. The van der Waals surface area contributed by atoms with Gasteiger partial charge in [-0.3, -0.25) is 4.79 Å². The van der Waals surface area contributed by atoms with Crippen LogP contribution in [-0.4, -0.2) is 51.7 Å². The van der Waals surface area contributed by atoms with Crippen molar-refractivity contribution in [1.82, 2.24) is 14.9 Å². The lowest BCUT2D eigenvalue weighted by Crippen LogP contribution is -2.46. The predicted octanol–water partition coefficient (Wildman–Crippen LogP) is 0.270. The van der Waals surface area contributed by atoms with Crippen molar-refractivity contribution in [2.45, 2.75) is 24.6 Å². The van der Waals surface area contributed by atoms with Crippen LogP contribution >= 0.6 is 0 Å². The Labute approximate surface area is 131 Å². The molecule has 0 aliphatic carbocycles. The minimum absolute atomic E-state index is 0.0682. The lowest BCUT2D eigenvalue weighted by atomic mass is 9.95. The fourth-order valence-corrected chi connectivity index (χ4v) is 3.72. The van der Waals surface area contributed by atoms with E-state index in [0.717, 1.165) is 18.5 Å². The van der Waals surface area contributed by atoms with E-state index in [0.29, 0.717) is 0 Å². The van der Waals surface area contributed by atoms with Crippen LogP contribution < -0.4 is 10.0 Å². The number of rotatable bonds is 5. The molecule has 1 heterocycles. The zero-order valence-corrected chi connectivity index (χ0v) is 14.0. The van der Waals surface area contributed by atoms with Gasteiger partial charge in [-0.2, -0.15) is 0 Å². The molecule has 2 unspecified atom stereocenters. The number of fused-ring (bicyclic) bond motifs is 1. The summed E-state index contributed by atoms with van der Waals surface area (Å²) in [6, 6.07) is 7.95. The molecule has 0 aromatic heterocycles. The van der Waals surface area contributed by atoms with Crippen LogP contribution in [0.25, 0.3) is 0 Å². The van der Waals surface area contributed by atoms with Crippen LogP contribution in [0, 0.1) is 0 Å². The van der Waals surface area contributed by atoms with Crippen LogP contribution in [0.2, 0.25) is 0 Å². The summed E-state index contributed by atoms with van der Waals surface area (Å²) in [6.07, 6.45) is 0.939. The van der Waals surface area contributed by atoms with Gasteiger partial charge in [0.25, 0.3) is 0 Å². The van der Waals surface area contributed by atoms with Gasteiger partial charge in [-0.15, -0.1) is 0 Å². The molecular formula is C15H23N3O3S. The molecule has 6 nitrogen and oxygen atoms in total. The molecule has 0 spiro atoms. The van der Waals surface area contributed by atoms with Crippen molar-refractivity contribution >= 4 is 15.9 Å². The van der Waals surface area contributed by atoms with Gasteiger partial charge in [-0.25, -0.2) is 13.1 Å². The van der Waals surface area contributed by atoms with Gasteiger partial charge in [0.2, 0.25) is 15.9 Å². The van der Waals surface area contributed by atoms with E-state index in [1.165, 1.54) is 17.4 Å². The first kappa shape index (κ1) is 16.9. The normalized spacial score (nSPS) is 19.3. The van der Waals surface area contributed by atoms with Crippen LogP contribution in [0.4, 0.5) is 0 Å². The number of amides is 1. The van der Waals surface area contributed by atoms with Gasteiger partial charge in [0.15, 0.2) is 5.25 Å². The zero-order chi connectivity index (χ0) is 16.3. The van der Waals surface area contributed by atoms with Gasteiger partial charge >= 0.3 is 0 Å². The van der Waals surface area contributed by atoms with Crippen molar-refractivity contribution in [1.29, 1.82) is 0 Å². The Morgan fingerprint density at radius 3 is 2.77 bits per heavy atom. The number of nitrogens with one attached hydrogen (secondary N) is 2. The lowest BCUT2D eigenvalue weighted by Gasteiger charge is -2.27. The van der Waals surface area contributed by atoms with Gasteiger partial charge in [0.1, 0.15) is 0 Å². The highest BCUT2D eigenvalue weighted by atomic mass is 32.2. The largest absolute Gasteiger partial charge is 0.348 e. The van der Waals surface area contributed by atoms with Crippen LogP contribution in [-0.2, 0) is 21.2 Å². The van der Waals surface area contributed by atoms with Crippen molar-refractivity contribution in [2.24, 2.45) is 0 Å². The molecule has 1 amide bonds. The molecular weight excluding hydrogens is 302 g/mol. The smallest absolute Gasteiger partial charge is 0.241 e. The highest BCUT2D eigenvalue weighted by Crippen LogP contribution is 2.22. The van der Waals surface area contributed by atoms with Crippen LogP contribution in [0.5, 0.6) is 0 Å². The molecule has 0 saturated carbocycles. The zero-order valence-electron chi connectivity index (χ0n) is 13.2. The summed E-state index contributed by atoms with van der Waals surface area (Å²) in [7, 11) is -0.590. The maximum Gasteiger partial charge on any atom is 0.241 e. The van der Waals surface area contributed by atoms with Crippen molar-refractivity contribution in [3.05, 3.63) is 35.4 Å². The van der Waals surface area contributed by atoms with E-state index < -0.39 is 21.2 Å². The molecule has 0 bridgehead atoms. The molecule has 0 fully saturated rings. The van der Waals surface area contributed by atoms with E-state index in [-0.39, 0.29) is 12.6 Å². The van der Waals surface area contributed by atoms with E-state index in [9.17, 15) is 13.2 Å². The molecule has 2 atom stereocenters. The quantitative estimate of drug-likeness (QED) is 0.814. The van der Waals surface area contributed by atoms with Crippen LogP contribution in [0.15, 0.2) is 24.3 Å². The van der Waals surface area contributed by atoms with Gasteiger partial charge in [-0.1, -0.05) is 24.3 Å². The van der Waals surface area contributed by atoms with Gasteiger partial charge < -0.3 is 10.2 Å². The average Bonchev–Trinajstić information content (AvgIpc) is 2.51. The maximum atomic E-state index is 12.2. The molecule has 2 N–H and O–H groups in total. The van der Waals surface area contributed by atoms with E-state index in [2.05, 4.69) is 16.1 Å². The van der Waals surface area contributed by atoms with Crippen LogP contribution in [0.3, 0.4) is 0 Å². The molecule has 2 rings (SSSR count). The monoisotopic (exact) mass is 325 g/mol. The van der Waals surface area contributed by atoms with Crippen molar-refractivity contribution in [3.8, 4) is 0 Å². The molecule has 22 heavy (non-hydrogen) atoms. The third kappa shape index (κ3) is 3.66. The Bertz CT molecular complexity index is 643. The summed E-state index contributed by atoms with van der Waals surface area (Å²) in [6.45, 7) is 2.47. The second kappa shape index (κ2) is 6.76. The highest BCUT2D eigenvalue weighted by molar-refractivity contribution is 7.90. The predicted molar refractivity (Wildman–Crippen MR) is 86.0 cm³/mol. The molecule has 7 heteroatoms. The molecule has 0 saturated heterocycles. The van der Waals surface area contributed by atoms with Crippen molar-refractivity contribution in [2.75, 3.05) is 27.2 Å². The molecule has 1 aliphatic rings. The summed E-state index contributed by atoms with van der Waals surface area (Å²) in [5.41, 5.74) is 2.35.